The first-order valence-corrected chi connectivity index (χ1v) is 7.11. The summed E-state index contributed by atoms with van der Waals surface area (Å²) in [6.07, 6.45) is -4.52. The quantitative estimate of drug-likeness (QED) is 0.567. The molecule has 0 amide bonds. The van der Waals surface area contributed by atoms with Crippen molar-refractivity contribution in [1.29, 1.82) is 0 Å². The third-order valence-electron chi connectivity index (χ3n) is 2.72. The summed E-state index contributed by atoms with van der Waals surface area (Å²) < 4.78 is 38.4. The van der Waals surface area contributed by atoms with Gasteiger partial charge in [-0.15, -0.1) is 0 Å². The van der Waals surface area contributed by atoms with Crippen LogP contribution in [0.25, 0.3) is 0 Å². The van der Waals surface area contributed by atoms with Crippen LogP contribution in [0, 0.1) is 0 Å². The fourth-order valence-electron chi connectivity index (χ4n) is 1.67. The maximum absolute atomic E-state index is 12.7. The van der Waals surface area contributed by atoms with E-state index in [4.69, 9.17) is 23.2 Å². The van der Waals surface area contributed by atoms with Crippen LogP contribution in [-0.4, -0.2) is 5.78 Å². The number of carbonyl (C=O) groups is 1. The molecule has 110 valence electrons. The summed E-state index contributed by atoms with van der Waals surface area (Å²) in [7, 11) is 0. The van der Waals surface area contributed by atoms with E-state index in [1.54, 1.807) is 0 Å². The first-order chi connectivity index (χ1) is 9.70. The Morgan fingerprint density at radius 1 is 1.00 bits per heavy atom. The number of halogens is 6. The van der Waals surface area contributed by atoms with Crippen molar-refractivity contribution in [2.45, 2.75) is 6.18 Å². The molecule has 0 spiro atoms. The topological polar surface area (TPSA) is 17.1 Å². The fraction of sp³-hybridized carbons (Fsp3) is 0.0714. The standard InChI is InChI=1S/C14H6BrCl2F3O/c15-10-3-2-8(14(18,19)20)6-9(10)13(21)7-1-4-11(16)12(17)5-7/h1-6H. The fourth-order valence-corrected chi connectivity index (χ4v) is 2.39. The van der Waals surface area contributed by atoms with Gasteiger partial charge >= 0.3 is 6.18 Å². The van der Waals surface area contributed by atoms with Crippen molar-refractivity contribution < 1.29 is 18.0 Å². The van der Waals surface area contributed by atoms with Gasteiger partial charge in [-0.25, -0.2) is 0 Å². The first-order valence-electron chi connectivity index (χ1n) is 5.56. The lowest BCUT2D eigenvalue weighted by Crippen LogP contribution is -2.09. The second-order valence-corrected chi connectivity index (χ2v) is 5.82. The molecule has 2 rings (SSSR count). The van der Waals surface area contributed by atoms with Crippen LogP contribution in [-0.2, 0) is 6.18 Å². The number of ketones is 1. The van der Waals surface area contributed by atoms with Crippen LogP contribution in [0.4, 0.5) is 13.2 Å². The van der Waals surface area contributed by atoms with Gasteiger partial charge in [0.1, 0.15) is 0 Å². The van der Waals surface area contributed by atoms with Crippen molar-refractivity contribution in [3.8, 4) is 0 Å². The third-order valence-corrected chi connectivity index (χ3v) is 4.15. The third kappa shape index (κ3) is 3.59. The molecule has 0 aliphatic carbocycles. The molecule has 0 saturated heterocycles. The van der Waals surface area contributed by atoms with Gasteiger partial charge in [-0.2, -0.15) is 13.2 Å². The molecule has 0 aliphatic heterocycles. The molecule has 7 heteroatoms. The number of hydrogen-bond acceptors (Lipinski definition) is 1. The van der Waals surface area contributed by atoms with Crippen LogP contribution in [0.5, 0.6) is 0 Å². The van der Waals surface area contributed by atoms with E-state index in [0.29, 0.717) is 0 Å². The average molecular weight is 398 g/mol. The SMILES string of the molecule is O=C(c1ccc(Cl)c(Cl)c1)c1cc(C(F)(F)F)ccc1Br. The highest BCUT2D eigenvalue weighted by atomic mass is 79.9. The molecule has 2 aromatic carbocycles. The molecule has 0 atom stereocenters. The molecule has 1 nitrogen and oxygen atoms in total. The number of alkyl halides is 3. The van der Waals surface area contributed by atoms with Gasteiger partial charge < -0.3 is 0 Å². The van der Waals surface area contributed by atoms with Crippen LogP contribution in [0.1, 0.15) is 21.5 Å². The van der Waals surface area contributed by atoms with Crippen LogP contribution in [0.2, 0.25) is 10.0 Å². The molecule has 0 aromatic heterocycles. The van der Waals surface area contributed by atoms with Gasteiger partial charge in [0.2, 0.25) is 0 Å². The summed E-state index contributed by atoms with van der Waals surface area (Å²) in [5.74, 6) is -0.577. The lowest BCUT2D eigenvalue weighted by molar-refractivity contribution is -0.137. The smallest absolute Gasteiger partial charge is 0.289 e. The van der Waals surface area contributed by atoms with Crippen LogP contribution in [0.15, 0.2) is 40.9 Å². The summed E-state index contributed by atoms with van der Waals surface area (Å²) in [6.45, 7) is 0. The molecule has 0 radical (unpaired) electrons. The van der Waals surface area contributed by atoms with Crippen molar-refractivity contribution in [2.75, 3.05) is 0 Å². The number of rotatable bonds is 2. The maximum Gasteiger partial charge on any atom is 0.416 e. The Morgan fingerprint density at radius 2 is 1.67 bits per heavy atom. The Labute approximate surface area is 136 Å². The molecule has 0 bridgehead atoms. The second kappa shape index (κ2) is 5.99. The van der Waals surface area contributed by atoms with Gasteiger partial charge in [0.05, 0.1) is 15.6 Å². The molecule has 0 N–H and O–H groups in total. The van der Waals surface area contributed by atoms with Crippen molar-refractivity contribution in [1.82, 2.24) is 0 Å². The minimum Gasteiger partial charge on any atom is -0.289 e. The molecule has 0 saturated carbocycles. The first kappa shape index (κ1) is 16.3. The van der Waals surface area contributed by atoms with Gasteiger partial charge in [0.25, 0.3) is 0 Å². The van der Waals surface area contributed by atoms with E-state index in [9.17, 15) is 18.0 Å². The minimum absolute atomic E-state index is 0.0942. The average Bonchev–Trinajstić information content (AvgIpc) is 2.40. The van der Waals surface area contributed by atoms with Gasteiger partial charge in [-0.05, 0) is 36.4 Å². The van der Waals surface area contributed by atoms with Crippen molar-refractivity contribution in [3.05, 3.63) is 67.6 Å². The zero-order valence-electron chi connectivity index (χ0n) is 10.1. The van der Waals surface area contributed by atoms with E-state index < -0.39 is 17.5 Å². The van der Waals surface area contributed by atoms with Crippen LogP contribution >= 0.6 is 39.1 Å². The van der Waals surface area contributed by atoms with Gasteiger partial charge in [0, 0.05) is 15.6 Å². The Hall–Kier alpha value is -1.04. The molecule has 2 aromatic rings. The number of hydrogen-bond donors (Lipinski definition) is 0. The maximum atomic E-state index is 12.7. The Morgan fingerprint density at radius 3 is 2.24 bits per heavy atom. The highest BCUT2D eigenvalue weighted by Crippen LogP contribution is 2.33. The zero-order chi connectivity index (χ0) is 15.8. The highest BCUT2D eigenvalue weighted by Gasteiger charge is 2.31. The molecule has 0 unspecified atom stereocenters. The normalized spacial score (nSPS) is 11.5. The summed E-state index contributed by atoms with van der Waals surface area (Å²) in [5, 5.41) is 0.418. The molecule has 0 aliphatic rings. The van der Waals surface area contributed by atoms with Crippen molar-refractivity contribution >= 4 is 44.9 Å². The number of carbonyl (C=O) groups excluding carboxylic acids is 1. The van der Waals surface area contributed by atoms with E-state index >= 15 is 0 Å². The lowest BCUT2D eigenvalue weighted by Gasteiger charge is -2.10. The van der Waals surface area contributed by atoms with E-state index in [0.717, 1.165) is 12.1 Å². The van der Waals surface area contributed by atoms with E-state index in [-0.39, 0.29) is 25.6 Å². The van der Waals surface area contributed by atoms with Crippen LogP contribution < -0.4 is 0 Å². The summed E-state index contributed by atoms with van der Waals surface area (Å²) in [5.41, 5.74) is -0.832. The van der Waals surface area contributed by atoms with Crippen LogP contribution in [0.3, 0.4) is 0 Å². The highest BCUT2D eigenvalue weighted by molar-refractivity contribution is 9.10. The Bertz CT molecular complexity index is 714. The number of benzene rings is 2. The zero-order valence-corrected chi connectivity index (χ0v) is 13.2. The minimum atomic E-state index is -4.52. The predicted molar refractivity (Wildman–Crippen MR) is 79.0 cm³/mol. The van der Waals surface area contributed by atoms with Gasteiger partial charge in [0.15, 0.2) is 5.78 Å². The molecular weight excluding hydrogens is 392 g/mol. The van der Waals surface area contributed by atoms with Gasteiger partial charge in [-0.3, -0.25) is 4.79 Å². The summed E-state index contributed by atoms with van der Waals surface area (Å²) >= 11 is 14.6. The van der Waals surface area contributed by atoms with E-state index in [1.807, 2.05) is 0 Å². The van der Waals surface area contributed by atoms with E-state index in [2.05, 4.69) is 15.9 Å². The lowest BCUT2D eigenvalue weighted by atomic mass is 10.0. The largest absolute Gasteiger partial charge is 0.416 e. The Kier molecular flexibility index (Phi) is 4.66. The summed E-state index contributed by atoms with van der Waals surface area (Å²) in [6, 6.07) is 7.03. The molecule has 0 fully saturated rings. The molecule has 21 heavy (non-hydrogen) atoms. The summed E-state index contributed by atoms with van der Waals surface area (Å²) in [4.78, 5) is 12.3. The molecular formula is C14H6BrCl2F3O. The van der Waals surface area contributed by atoms with Crippen molar-refractivity contribution in [2.24, 2.45) is 0 Å². The van der Waals surface area contributed by atoms with Gasteiger partial charge in [-0.1, -0.05) is 39.1 Å². The monoisotopic (exact) mass is 396 g/mol. The van der Waals surface area contributed by atoms with E-state index in [1.165, 1.54) is 24.3 Å². The van der Waals surface area contributed by atoms with Crippen molar-refractivity contribution in [3.63, 3.8) is 0 Å². The molecule has 0 heterocycles. The predicted octanol–water partition coefficient (Wildman–Crippen LogP) is 6.01. The second-order valence-electron chi connectivity index (χ2n) is 4.15. The Balaban J connectivity index is 2.50.